The Kier molecular flexibility index (Phi) is 6.39. The van der Waals surface area contributed by atoms with Gasteiger partial charge in [0.15, 0.2) is 0 Å². The molecule has 0 aliphatic carbocycles. The van der Waals surface area contributed by atoms with Gasteiger partial charge in [0.25, 0.3) is 0 Å². The summed E-state index contributed by atoms with van der Waals surface area (Å²) < 4.78 is 4.99. The number of hydrogen-bond donors (Lipinski definition) is 0. The highest BCUT2D eigenvalue weighted by atomic mass is 32.1. The highest BCUT2D eigenvalue weighted by Crippen LogP contribution is 2.49. The van der Waals surface area contributed by atoms with Gasteiger partial charge in [0.1, 0.15) is 0 Å². The summed E-state index contributed by atoms with van der Waals surface area (Å²) in [6.07, 6.45) is 0. The van der Waals surface area contributed by atoms with Gasteiger partial charge in [-0.05, 0) is 64.9 Å². The van der Waals surface area contributed by atoms with E-state index in [9.17, 15) is 0 Å². The van der Waals surface area contributed by atoms with Crippen molar-refractivity contribution in [2.75, 3.05) is 4.90 Å². The maximum absolute atomic E-state index is 2.48. The molecule has 0 amide bonds. The summed E-state index contributed by atoms with van der Waals surface area (Å²) in [6, 6.07) is 66.1. The molecule has 0 bridgehead atoms. The van der Waals surface area contributed by atoms with Gasteiger partial charge in [0.05, 0.1) is 27.1 Å². The van der Waals surface area contributed by atoms with Crippen LogP contribution in [0.15, 0.2) is 182 Å². The Morgan fingerprint density at radius 3 is 2.00 bits per heavy atom. The van der Waals surface area contributed by atoms with Gasteiger partial charge in [0, 0.05) is 43.2 Å². The summed E-state index contributed by atoms with van der Waals surface area (Å²) in [5.41, 5.74) is 9.36. The van der Waals surface area contributed by atoms with E-state index >= 15 is 0 Å². The number of fused-ring (bicyclic) bond motifs is 8. The van der Waals surface area contributed by atoms with Crippen molar-refractivity contribution in [1.82, 2.24) is 4.57 Å². The molecule has 0 fully saturated rings. The predicted octanol–water partition coefficient (Wildman–Crippen LogP) is 13.4. The zero-order valence-electron chi connectivity index (χ0n) is 26.6. The lowest BCUT2D eigenvalue weighted by atomic mass is 10.0. The van der Waals surface area contributed by atoms with Crippen LogP contribution in [0.1, 0.15) is 0 Å². The van der Waals surface area contributed by atoms with Gasteiger partial charge in [-0.15, -0.1) is 11.3 Å². The van der Waals surface area contributed by atoms with Crippen LogP contribution in [0.25, 0.3) is 69.6 Å². The molecular weight excluding hydrogens is 613 g/mol. The smallest absolute Gasteiger partial charge is 0.0640 e. The standard InChI is InChI=1S/C46H30N2S/c1-3-14-31(15-4-1)35-19-9-11-23-40(35)48(42-25-13-22-39-45-36-20-8-7-16-32(36)26-29-44(45)49-46(39)42)34-27-28-38-37-21-10-12-24-41(37)47(43(38)30-34)33-17-5-2-6-18-33/h1-30H. The van der Waals surface area contributed by atoms with Crippen LogP contribution >= 0.6 is 11.3 Å². The molecule has 0 radical (unpaired) electrons. The molecule has 0 spiro atoms. The topological polar surface area (TPSA) is 8.17 Å². The molecule has 0 aliphatic heterocycles. The molecule has 230 valence electrons. The minimum atomic E-state index is 1.12. The lowest BCUT2D eigenvalue weighted by molar-refractivity contribution is 1.18. The highest BCUT2D eigenvalue weighted by Gasteiger charge is 2.23. The summed E-state index contributed by atoms with van der Waals surface area (Å²) in [6.45, 7) is 0. The Morgan fingerprint density at radius 2 is 1.12 bits per heavy atom. The molecule has 0 aliphatic rings. The van der Waals surface area contributed by atoms with Crippen LogP contribution in [0, 0.1) is 0 Å². The molecular formula is C46H30N2S. The van der Waals surface area contributed by atoms with Crippen molar-refractivity contribution in [1.29, 1.82) is 0 Å². The monoisotopic (exact) mass is 642 g/mol. The molecule has 0 atom stereocenters. The first-order valence-electron chi connectivity index (χ1n) is 16.7. The number of nitrogens with zero attached hydrogens (tertiary/aromatic N) is 2. The lowest BCUT2D eigenvalue weighted by Crippen LogP contribution is -2.11. The van der Waals surface area contributed by atoms with E-state index in [4.69, 9.17) is 0 Å². The maximum Gasteiger partial charge on any atom is 0.0640 e. The molecule has 2 aromatic heterocycles. The Bertz CT molecular complexity index is 2830. The minimum absolute atomic E-state index is 1.12. The van der Waals surface area contributed by atoms with Crippen molar-refractivity contribution in [3.05, 3.63) is 182 Å². The zero-order chi connectivity index (χ0) is 32.3. The maximum atomic E-state index is 2.48. The van der Waals surface area contributed by atoms with Crippen molar-refractivity contribution >= 4 is 81.1 Å². The molecule has 3 heteroatoms. The van der Waals surface area contributed by atoms with Crippen molar-refractivity contribution in [3.63, 3.8) is 0 Å². The van der Waals surface area contributed by atoms with Gasteiger partial charge >= 0.3 is 0 Å². The average Bonchev–Trinajstić information content (AvgIpc) is 3.72. The van der Waals surface area contributed by atoms with Gasteiger partial charge in [0.2, 0.25) is 0 Å². The number of hydrogen-bond acceptors (Lipinski definition) is 2. The first kappa shape index (κ1) is 27.9. The van der Waals surface area contributed by atoms with Crippen molar-refractivity contribution in [2.24, 2.45) is 0 Å². The van der Waals surface area contributed by atoms with Gasteiger partial charge in [-0.1, -0.05) is 133 Å². The fourth-order valence-electron chi connectivity index (χ4n) is 7.62. The fourth-order valence-corrected chi connectivity index (χ4v) is 8.84. The fraction of sp³-hybridized carbons (Fsp3) is 0. The molecule has 8 aromatic carbocycles. The lowest BCUT2D eigenvalue weighted by Gasteiger charge is -2.28. The van der Waals surface area contributed by atoms with E-state index < -0.39 is 0 Å². The number of anilines is 3. The molecule has 0 saturated carbocycles. The average molecular weight is 643 g/mol. The van der Waals surface area contributed by atoms with E-state index in [0.717, 1.165) is 17.1 Å². The molecule has 10 rings (SSSR count). The third-order valence-corrected chi connectivity index (χ3v) is 11.0. The summed E-state index contributed by atoms with van der Waals surface area (Å²) in [5.74, 6) is 0. The number of para-hydroxylation sites is 3. The molecule has 2 heterocycles. The van der Waals surface area contributed by atoms with Crippen LogP contribution in [0.2, 0.25) is 0 Å². The van der Waals surface area contributed by atoms with E-state index in [1.165, 1.54) is 69.6 Å². The third kappa shape index (κ3) is 4.40. The summed E-state index contributed by atoms with van der Waals surface area (Å²) in [4.78, 5) is 2.48. The summed E-state index contributed by atoms with van der Waals surface area (Å²) >= 11 is 1.88. The molecule has 10 aromatic rings. The van der Waals surface area contributed by atoms with E-state index in [0.29, 0.717) is 0 Å². The summed E-state index contributed by atoms with van der Waals surface area (Å²) in [5, 5.41) is 7.68. The van der Waals surface area contributed by atoms with Crippen molar-refractivity contribution in [2.45, 2.75) is 0 Å². The largest absolute Gasteiger partial charge is 0.309 e. The van der Waals surface area contributed by atoms with Gasteiger partial charge < -0.3 is 9.47 Å². The first-order valence-corrected chi connectivity index (χ1v) is 17.5. The molecule has 0 N–H and O–H groups in total. The van der Waals surface area contributed by atoms with E-state index in [1.807, 2.05) is 11.3 Å². The van der Waals surface area contributed by atoms with E-state index in [2.05, 4.69) is 191 Å². The summed E-state index contributed by atoms with van der Waals surface area (Å²) in [7, 11) is 0. The first-order chi connectivity index (χ1) is 24.3. The van der Waals surface area contributed by atoms with Crippen LogP contribution in [0.5, 0.6) is 0 Å². The van der Waals surface area contributed by atoms with Crippen LogP contribution in [-0.4, -0.2) is 4.57 Å². The van der Waals surface area contributed by atoms with Gasteiger partial charge in [-0.2, -0.15) is 0 Å². The SMILES string of the molecule is c1ccc(-c2ccccc2N(c2ccc3c4ccccc4n(-c4ccccc4)c3c2)c2cccc3c2sc2ccc4ccccc4c23)cc1. The Balaban J connectivity index is 1.30. The van der Waals surface area contributed by atoms with Gasteiger partial charge in [-0.25, -0.2) is 0 Å². The van der Waals surface area contributed by atoms with Crippen molar-refractivity contribution in [3.8, 4) is 16.8 Å². The third-order valence-electron chi connectivity index (χ3n) is 9.77. The number of aromatic nitrogens is 1. The molecule has 0 unspecified atom stereocenters. The van der Waals surface area contributed by atoms with E-state index in [-0.39, 0.29) is 0 Å². The zero-order valence-corrected chi connectivity index (χ0v) is 27.4. The van der Waals surface area contributed by atoms with Crippen LogP contribution in [-0.2, 0) is 0 Å². The molecule has 2 nitrogen and oxygen atoms in total. The molecule has 0 saturated heterocycles. The second-order valence-electron chi connectivity index (χ2n) is 12.5. The quantitative estimate of drug-likeness (QED) is 0.181. The highest BCUT2D eigenvalue weighted by molar-refractivity contribution is 7.26. The second-order valence-corrected chi connectivity index (χ2v) is 13.6. The van der Waals surface area contributed by atoms with Gasteiger partial charge in [-0.3, -0.25) is 0 Å². The Hall–Kier alpha value is -6.16. The van der Waals surface area contributed by atoms with Crippen molar-refractivity contribution < 1.29 is 0 Å². The second kappa shape index (κ2) is 11.2. The Morgan fingerprint density at radius 1 is 0.449 bits per heavy atom. The molecule has 49 heavy (non-hydrogen) atoms. The normalized spacial score (nSPS) is 11.7. The Labute approximate surface area is 288 Å². The van der Waals surface area contributed by atoms with E-state index in [1.54, 1.807) is 0 Å². The van der Waals surface area contributed by atoms with Crippen LogP contribution in [0.4, 0.5) is 17.1 Å². The minimum Gasteiger partial charge on any atom is -0.309 e. The number of rotatable bonds is 5. The number of thiophene rings is 1. The van der Waals surface area contributed by atoms with Crippen LogP contribution < -0.4 is 4.90 Å². The number of benzene rings is 8. The van der Waals surface area contributed by atoms with Crippen LogP contribution in [0.3, 0.4) is 0 Å². The predicted molar refractivity (Wildman–Crippen MR) is 211 cm³/mol.